The first-order chi connectivity index (χ1) is 13.6. The molecule has 3 rings (SSSR count). The van der Waals surface area contributed by atoms with Gasteiger partial charge in [0.2, 0.25) is 5.09 Å². The molecule has 1 aromatic heterocycles. The minimum atomic E-state index is -3.74. The second-order valence-corrected chi connectivity index (χ2v) is 10.9. The number of ketones is 1. The maximum atomic E-state index is 12.7. The lowest BCUT2D eigenvalue weighted by molar-refractivity contribution is 0.101. The summed E-state index contributed by atoms with van der Waals surface area (Å²) in [6.07, 6.45) is 1.59. The first kappa shape index (κ1) is 21.5. The number of furan rings is 1. The Bertz CT molecular complexity index is 1110. The van der Waals surface area contributed by atoms with E-state index in [4.69, 9.17) is 9.15 Å². The smallest absolute Gasteiger partial charge is 0.276 e. The van der Waals surface area contributed by atoms with E-state index in [2.05, 4.69) is 0 Å². The fraction of sp³-hybridized carbons (Fsp3) is 0.421. The number of rotatable bonds is 8. The van der Waals surface area contributed by atoms with Gasteiger partial charge in [0.15, 0.2) is 15.6 Å². The molecule has 0 radical (unpaired) electrons. The zero-order chi connectivity index (χ0) is 21.2. The largest absolute Gasteiger partial charge is 0.496 e. The molecule has 29 heavy (non-hydrogen) atoms. The van der Waals surface area contributed by atoms with Crippen LogP contribution in [-0.2, 0) is 31.4 Å². The zero-order valence-corrected chi connectivity index (χ0v) is 17.9. The molecule has 0 amide bonds. The summed E-state index contributed by atoms with van der Waals surface area (Å²) in [4.78, 5) is 11.6. The summed E-state index contributed by atoms with van der Waals surface area (Å²) in [5, 5.41) is -0.249. The van der Waals surface area contributed by atoms with Gasteiger partial charge >= 0.3 is 0 Å². The average Bonchev–Trinajstić information content (AvgIpc) is 3.33. The van der Waals surface area contributed by atoms with Crippen molar-refractivity contribution in [3.05, 3.63) is 47.2 Å². The molecule has 2 aromatic rings. The highest BCUT2D eigenvalue weighted by Crippen LogP contribution is 2.26. The molecule has 1 aromatic carbocycles. The molecular formula is C19H23NO7S2. The molecule has 1 aliphatic rings. The van der Waals surface area contributed by atoms with Gasteiger partial charge < -0.3 is 9.15 Å². The first-order valence-electron chi connectivity index (χ1n) is 9.09. The predicted molar refractivity (Wildman–Crippen MR) is 106 cm³/mol. The van der Waals surface area contributed by atoms with Gasteiger partial charge in [-0.25, -0.2) is 16.8 Å². The van der Waals surface area contributed by atoms with E-state index in [1.807, 2.05) is 0 Å². The summed E-state index contributed by atoms with van der Waals surface area (Å²) in [7, 11) is -6.03. The van der Waals surface area contributed by atoms with Gasteiger partial charge in [-0.1, -0.05) is 0 Å². The molecule has 0 bridgehead atoms. The molecule has 0 spiro atoms. The van der Waals surface area contributed by atoms with Gasteiger partial charge in [-0.05, 0) is 50.1 Å². The summed E-state index contributed by atoms with van der Waals surface area (Å²) >= 11 is 0. The van der Waals surface area contributed by atoms with E-state index in [0.29, 0.717) is 30.0 Å². The number of nitrogens with zero attached hydrogens (tertiary/aromatic N) is 1. The van der Waals surface area contributed by atoms with E-state index in [0.717, 1.165) is 12.8 Å². The molecule has 0 N–H and O–H groups in total. The molecule has 10 heteroatoms. The maximum Gasteiger partial charge on any atom is 0.276 e. The Morgan fingerprint density at radius 1 is 1.07 bits per heavy atom. The Hall–Kier alpha value is -2.17. The third-order valence-corrected chi connectivity index (χ3v) is 7.97. The van der Waals surface area contributed by atoms with Crippen molar-refractivity contribution in [2.45, 2.75) is 36.4 Å². The highest BCUT2D eigenvalue weighted by atomic mass is 32.2. The number of methoxy groups -OCH3 is 1. The van der Waals surface area contributed by atoms with E-state index < -0.39 is 25.6 Å². The lowest BCUT2D eigenvalue weighted by Gasteiger charge is -2.12. The Balaban J connectivity index is 1.80. The Labute approximate surface area is 170 Å². The Morgan fingerprint density at radius 3 is 2.38 bits per heavy atom. The highest BCUT2D eigenvalue weighted by molar-refractivity contribution is 7.90. The van der Waals surface area contributed by atoms with Gasteiger partial charge in [-0.3, -0.25) is 4.79 Å². The standard InChI is InChI=1S/C19H23NO7S2/c1-14(21)15-5-7-18(26-2)16(11-15)12-28(22,23)13-17-6-8-19(27-17)29(24,25)20-9-3-4-10-20/h5-8,11H,3-4,9-10,12-13H2,1-2H3. The van der Waals surface area contributed by atoms with Crippen LogP contribution < -0.4 is 4.74 Å². The first-order valence-corrected chi connectivity index (χ1v) is 12.4. The fourth-order valence-electron chi connectivity index (χ4n) is 3.25. The van der Waals surface area contributed by atoms with Crippen LogP contribution in [0, 0.1) is 0 Å². The van der Waals surface area contributed by atoms with E-state index in [-0.39, 0.29) is 22.4 Å². The van der Waals surface area contributed by atoms with Gasteiger partial charge in [-0.15, -0.1) is 0 Å². The molecule has 2 heterocycles. The van der Waals surface area contributed by atoms with Crippen molar-refractivity contribution in [2.75, 3.05) is 20.2 Å². The van der Waals surface area contributed by atoms with Crippen molar-refractivity contribution < 1.29 is 30.8 Å². The predicted octanol–water partition coefficient (Wildman–Crippen LogP) is 2.39. The summed E-state index contributed by atoms with van der Waals surface area (Å²) < 4.78 is 62.3. The summed E-state index contributed by atoms with van der Waals surface area (Å²) in [5.74, 6) is -0.615. The third-order valence-electron chi connectivity index (χ3n) is 4.72. The van der Waals surface area contributed by atoms with Crippen LogP contribution in [0.25, 0.3) is 0 Å². The Kier molecular flexibility index (Phi) is 6.16. The molecular weight excluding hydrogens is 418 g/mol. The number of hydrogen-bond acceptors (Lipinski definition) is 7. The summed E-state index contributed by atoms with van der Waals surface area (Å²) in [6, 6.07) is 7.26. The second-order valence-electron chi connectivity index (χ2n) is 6.95. The van der Waals surface area contributed by atoms with Crippen LogP contribution in [0.15, 0.2) is 39.8 Å². The lowest BCUT2D eigenvalue weighted by atomic mass is 10.1. The highest BCUT2D eigenvalue weighted by Gasteiger charge is 2.30. The quantitative estimate of drug-likeness (QED) is 0.578. The van der Waals surface area contributed by atoms with Crippen LogP contribution in [0.5, 0.6) is 5.75 Å². The van der Waals surface area contributed by atoms with Crippen LogP contribution in [0.3, 0.4) is 0 Å². The van der Waals surface area contributed by atoms with Crippen LogP contribution in [0.1, 0.15) is 41.4 Å². The van der Waals surface area contributed by atoms with Crippen molar-refractivity contribution in [1.82, 2.24) is 4.31 Å². The maximum absolute atomic E-state index is 12.7. The molecule has 0 atom stereocenters. The zero-order valence-electron chi connectivity index (χ0n) is 16.3. The molecule has 0 aliphatic carbocycles. The van der Waals surface area contributed by atoms with Gasteiger partial charge in [-0.2, -0.15) is 4.31 Å². The van der Waals surface area contributed by atoms with Crippen molar-refractivity contribution in [3.63, 3.8) is 0 Å². The van der Waals surface area contributed by atoms with Gasteiger partial charge in [0.05, 0.1) is 12.9 Å². The summed E-state index contributed by atoms with van der Waals surface area (Å²) in [5.41, 5.74) is 0.740. The number of sulfonamides is 1. The van der Waals surface area contributed by atoms with E-state index in [1.54, 1.807) is 12.1 Å². The van der Waals surface area contributed by atoms with Crippen molar-refractivity contribution >= 4 is 25.6 Å². The summed E-state index contributed by atoms with van der Waals surface area (Å²) in [6.45, 7) is 2.26. The van der Waals surface area contributed by atoms with Crippen LogP contribution in [0.4, 0.5) is 0 Å². The van der Waals surface area contributed by atoms with E-state index in [9.17, 15) is 21.6 Å². The topological polar surface area (TPSA) is 111 Å². The van der Waals surface area contributed by atoms with Crippen LogP contribution in [-0.4, -0.2) is 47.1 Å². The molecule has 1 saturated heterocycles. The minimum Gasteiger partial charge on any atom is -0.496 e. The molecule has 8 nitrogen and oxygen atoms in total. The van der Waals surface area contributed by atoms with Crippen molar-refractivity contribution in [3.8, 4) is 5.75 Å². The molecule has 158 valence electrons. The van der Waals surface area contributed by atoms with Gasteiger partial charge in [0, 0.05) is 24.2 Å². The Morgan fingerprint density at radius 2 is 1.76 bits per heavy atom. The molecule has 0 saturated carbocycles. The number of benzene rings is 1. The van der Waals surface area contributed by atoms with Crippen LogP contribution in [0.2, 0.25) is 0 Å². The number of Topliss-reactive ketones (excluding diaryl/α,β-unsaturated/α-hetero) is 1. The normalized spacial score (nSPS) is 15.5. The van der Waals surface area contributed by atoms with Gasteiger partial charge in [0.25, 0.3) is 10.0 Å². The average molecular weight is 442 g/mol. The van der Waals surface area contributed by atoms with Crippen LogP contribution >= 0.6 is 0 Å². The molecule has 0 unspecified atom stereocenters. The lowest BCUT2D eigenvalue weighted by Crippen LogP contribution is -2.27. The number of sulfone groups is 1. The van der Waals surface area contributed by atoms with Crippen molar-refractivity contribution in [2.24, 2.45) is 0 Å². The van der Waals surface area contributed by atoms with Crippen molar-refractivity contribution in [1.29, 1.82) is 0 Å². The molecule has 1 fully saturated rings. The number of carbonyl (C=O) groups is 1. The minimum absolute atomic E-state index is 0.0458. The number of ether oxygens (including phenoxy) is 1. The van der Waals surface area contributed by atoms with E-state index >= 15 is 0 Å². The fourth-order valence-corrected chi connectivity index (χ4v) is 6.08. The van der Waals surface area contributed by atoms with E-state index in [1.165, 1.54) is 36.5 Å². The molecule has 1 aliphatic heterocycles. The number of carbonyl (C=O) groups excluding carboxylic acids is 1. The van der Waals surface area contributed by atoms with Gasteiger partial charge in [0.1, 0.15) is 17.3 Å². The second kappa shape index (κ2) is 8.29. The third kappa shape index (κ3) is 4.88. The SMILES string of the molecule is COc1ccc(C(C)=O)cc1CS(=O)(=O)Cc1ccc(S(=O)(=O)N2CCCC2)o1. The monoisotopic (exact) mass is 441 g/mol. The number of hydrogen-bond donors (Lipinski definition) is 0.